The molecule has 15 heavy (non-hydrogen) atoms. The molecule has 0 aliphatic heterocycles. The first-order chi connectivity index (χ1) is 7.22. The molecule has 1 aromatic heterocycles. The van der Waals surface area contributed by atoms with E-state index < -0.39 is 0 Å². The van der Waals surface area contributed by atoms with Crippen molar-refractivity contribution >= 4 is 22.5 Å². The van der Waals surface area contributed by atoms with E-state index in [0.717, 1.165) is 22.7 Å². The van der Waals surface area contributed by atoms with Crippen LogP contribution in [0.2, 0.25) is 5.02 Å². The van der Waals surface area contributed by atoms with E-state index in [1.54, 1.807) is 0 Å². The van der Waals surface area contributed by atoms with E-state index in [9.17, 15) is 0 Å². The van der Waals surface area contributed by atoms with Crippen molar-refractivity contribution in [1.82, 2.24) is 4.98 Å². The van der Waals surface area contributed by atoms with Crippen molar-refractivity contribution in [3.63, 3.8) is 0 Å². The molecule has 2 rings (SSSR count). The molecule has 3 heteroatoms. The average molecular weight is 219 g/mol. The van der Waals surface area contributed by atoms with E-state index in [1.807, 2.05) is 25.1 Å². The van der Waals surface area contributed by atoms with Crippen molar-refractivity contribution in [2.75, 3.05) is 0 Å². The van der Waals surface area contributed by atoms with Crippen LogP contribution in [0.5, 0.6) is 0 Å². The monoisotopic (exact) mass is 218 g/mol. The number of aryl methyl sites for hydroxylation is 2. The molecule has 0 bridgehead atoms. The zero-order valence-electron chi connectivity index (χ0n) is 8.47. The predicted octanol–water partition coefficient (Wildman–Crippen LogP) is 3.59. The second-order valence-corrected chi connectivity index (χ2v) is 4.01. The third-order valence-electron chi connectivity index (χ3n) is 2.57. The molecule has 0 saturated heterocycles. The number of rotatable bonds is 2. The van der Waals surface area contributed by atoms with E-state index in [0.29, 0.717) is 6.42 Å². The second-order valence-electron chi connectivity index (χ2n) is 3.58. The van der Waals surface area contributed by atoms with Crippen LogP contribution in [0.25, 0.3) is 10.9 Å². The number of hydrogen-bond acceptors (Lipinski definition) is 1. The number of fused-ring (bicyclic) bond motifs is 1. The highest BCUT2D eigenvalue weighted by atomic mass is 35.5. The third-order valence-corrected chi connectivity index (χ3v) is 2.80. The Morgan fingerprint density at radius 3 is 3.00 bits per heavy atom. The topological polar surface area (TPSA) is 39.6 Å². The number of benzene rings is 1. The minimum absolute atomic E-state index is 0.552. The summed E-state index contributed by atoms with van der Waals surface area (Å²) in [6.07, 6.45) is 1.35. The quantitative estimate of drug-likeness (QED) is 0.822. The zero-order chi connectivity index (χ0) is 10.8. The maximum Gasteiger partial charge on any atom is 0.0625 e. The lowest BCUT2D eigenvalue weighted by molar-refractivity contribution is 1.00. The fourth-order valence-corrected chi connectivity index (χ4v) is 2.04. The van der Waals surface area contributed by atoms with E-state index in [4.69, 9.17) is 16.9 Å². The molecule has 1 N–H and O–H groups in total. The number of nitrogens with one attached hydrogen (secondary N) is 1. The lowest BCUT2D eigenvalue weighted by Crippen LogP contribution is -1.84. The Bertz CT molecular complexity index is 534. The van der Waals surface area contributed by atoms with Gasteiger partial charge in [0.1, 0.15) is 0 Å². The van der Waals surface area contributed by atoms with Gasteiger partial charge in [-0.05, 0) is 31.0 Å². The second kappa shape index (κ2) is 3.96. The molecule has 2 nitrogen and oxygen atoms in total. The lowest BCUT2D eigenvalue weighted by Gasteiger charge is -1.96. The molecule has 0 radical (unpaired) electrons. The summed E-state index contributed by atoms with van der Waals surface area (Å²) in [6, 6.07) is 7.98. The largest absolute Gasteiger partial charge is 0.358 e. The van der Waals surface area contributed by atoms with E-state index in [-0.39, 0.29) is 0 Å². The van der Waals surface area contributed by atoms with Gasteiger partial charge >= 0.3 is 0 Å². The summed E-state index contributed by atoms with van der Waals surface area (Å²) in [6.45, 7) is 2.03. The minimum Gasteiger partial charge on any atom is -0.358 e. The Kier molecular flexibility index (Phi) is 2.66. The van der Waals surface area contributed by atoms with Gasteiger partial charge in [0.25, 0.3) is 0 Å². The number of hydrogen-bond donors (Lipinski definition) is 1. The summed E-state index contributed by atoms with van der Waals surface area (Å²) in [4.78, 5) is 3.28. The van der Waals surface area contributed by atoms with Crippen molar-refractivity contribution in [2.24, 2.45) is 0 Å². The van der Waals surface area contributed by atoms with Gasteiger partial charge in [-0.3, -0.25) is 0 Å². The Labute approximate surface area is 93.5 Å². The normalized spacial score (nSPS) is 10.5. The van der Waals surface area contributed by atoms with E-state index in [1.165, 1.54) is 10.9 Å². The predicted molar refractivity (Wildman–Crippen MR) is 62.0 cm³/mol. The molecule has 0 spiro atoms. The summed E-state index contributed by atoms with van der Waals surface area (Å²) in [5.74, 6) is 0. The van der Waals surface area contributed by atoms with Crippen LogP contribution in [-0.4, -0.2) is 4.98 Å². The summed E-state index contributed by atoms with van der Waals surface area (Å²) in [7, 11) is 0. The number of aromatic nitrogens is 1. The van der Waals surface area contributed by atoms with Gasteiger partial charge < -0.3 is 4.98 Å². The van der Waals surface area contributed by atoms with Gasteiger partial charge in [-0.2, -0.15) is 5.26 Å². The fourth-order valence-electron chi connectivity index (χ4n) is 1.87. The van der Waals surface area contributed by atoms with Crippen molar-refractivity contribution in [3.8, 4) is 6.07 Å². The maximum absolute atomic E-state index is 8.59. The first kappa shape index (κ1) is 10.1. The molecule has 0 aliphatic rings. The summed E-state index contributed by atoms with van der Waals surface area (Å²) < 4.78 is 0. The van der Waals surface area contributed by atoms with Crippen molar-refractivity contribution in [1.29, 1.82) is 5.26 Å². The van der Waals surface area contributed by atoms with Crippen molar-refractivity contribution in [2.45, 2.75) is 19.8 Å². The highest BCUT2D eigenvalue weighted by molar-refractivity contribution is 6.31. The Morgan fingerprint density at radius 2 is 2.27 bits per heavy atom. The maximum atomic E-state index is 8.59. The summed E-state index contributed by atoms with van der Waals surface area (Å²) >= 11 is 5.91. The van der Waals surface area contributed by atoms with Crippen LogP contribution in [0.15, 0.2) is 18.2 Å². The summed E-state index contributed by atoms with van der Waals surface area (Å²) in [5, 5.41) is 10.5. The van der Waals surface area contributed by atoms with E-state index >= 15 is 0 Å². The van der Waals surface area contributed by atoms with Crippen LogP contribution < -0.4 is 0 Å². The van der Waals surface area contributed by atoms with Crippen LogP contribution in [-0.2, 0) is 6.42 Å². The Balaban J connectivity index is 2.54. The van der Waals surface area contributed by atoms with Gasteiger partial charge in [0, 0.05) is 28.0 Å². The van der Waals surface area contributed by atoms with Crippen LogP contribution in [0.4, 0.5) is 0 Å². The molecule has 2 aromatic rings. The SMILES string of the molecule is Cc1[nH]c2cc(Cl)ccc2c1CCC#N. The fraction of sp³-hybridized carbons (Fsp3) is 0.250. The number of nitrogens with zero attached hydrogens (tertiary/aromatic N) is 1. The Hall–Kier alpha value is -1.46. The lowest BCUT2D eigenvalue weighted by atomic mass is 10.1. The number of aromatic amines is 1. The summed E-state index contributed by atoms with van der Waals surface area (Å²) in [5.41, 5.74) is 3.40. The van der Waals surface area contributed by atoms with Gasteiger partial charge in [0.2, 0.25) is 0 Å². The van der Waals surface area contributed by atoms with E-state index in [2.05, 4.69) is 11.1 Å². The molecule has 76 valence electrons. The van der Waals surface area contributed by atoms with Gasteiger partial charge in [0.05, 0.1) is 6.07 Å². The van der Waals surface area contributed by atoms with Gasteiger partial charge in [-0.15, -0.1) is 0 Å². The number of nitriles is 1. The third kappa shape index (κ3) is 1.84. The Morgan fingerprint density at radius 1 is 1.47 bits per heavy atom. The molecule has 0 aliphatic carbocycles. The zero-order valence-corrected chi connectivity index (χ0v) is 9.23. The highest BCUT2D eigenvalue weighted by Gasteiger charge is 2.07. The van der Waals surface area contributed by atoms with Crippen LogP contribution >= 0.6 is 11.6 Å². The molecule has 1 heterocycles. The smallest absolute Gasteiger partial charge is 0.0625 e. The van der Waals surface area contributed by atoms with Crippen LogP contribution in [0.1, 0.15) is 17.7 Å². The molecule has 0 atom stereocenters. The molecule has 0 fully saturated rings. The minimum atomic E-state index is 0.552. The number of halogens is 1. The standard InChI is InChI=1S/C12H11ClN2/c1-8-10(3-2-6-14)11-5-4-9(13)7-12(11)15-8/h4-5,7,15H,2-3H2,1H3. The molecule has 0 saturated carbocycles. The van der Waals surface area contributed by atoms with Gasteiger partial charge in [0.15, 0.2) is 0 Å². The molecular formula is C12H11ClN2. The molecular weight excluding hydrogens is 208 g/mol. The average Bonchev–Trinajstić information content (AvgIpc) is 2.50. The number of H-pyrrole nitrogens is 1. The molecule has 0 unspecified atom stereocenters. The van der Waals surface area contributed by atoms with Crippen LogP contribution in [0, 0.1) is 18.3 Å². The van der Waals surface area contributed by atoms with Crippen LogP contribution in [0.3, 0.4) is 0 Å². The van der Waals surface area contributed by atoms with Gasteiger partial charge in [-0.25, -0.2) is 0 Å². The molecule has 0 amide bonds. The van der Waals surface area contributed by atoms with Crippen molar-refractivity contribution in [3.05, 3.63) is 34.5 Å². The molecule has 1 aromatic carbocycles. The first-order valence-corrected chi connectivity index (χ1v) is 5.24. The van der Waals surface area contributed by atoms with Crippen molar-refractivity contribution < 1.29 is 0 Å². The van der Waals surface area contributed by atoms with Gasteiger partial charge in [-0.1, -0.05) is 17.7 Å². The first-order valence-electron chi connectivity index (χ1n) is 4.86. The highest BCUT2D eigenvalue weighted by Crippen LogP contribution is 2.25.